The van der Waals surface area contributed by atoms with E-state index in [1.54, 1.807) is 0 Å². The molecule has 0 radical (unpaired) electrons. The van der Waals surface area contributed by atoms with Crippen molar-refractivity contribution in [2.75, 3.05) is 0 Å². The standard InChI is InChI=1S/C59H38N4/c1-5-18-38(19-6-1)42-34-46(39-20-7-2-8-21-39)48-36-49-43(47(48)35-42)28-17-31-54(49)62-52-29-15-13-26-44(52)57-55(62)32-33-56-58(57)45-27-14-16-30-53(45)63(56)59-60-50(40-22-9-3-10-23-40)37-51(61-59)41-24-11-4-12-25-41/h1-35,37H,36H2. The molecular formula is C59H38N4. The Morgan fingerprint density at radius 2 is 0.810 bits per heavy atom. The van der Waals surface area contributed by atoms with Crippen LogP contribution in [0.3, 0.4) is 0 Å². The molecule has 13 rings (SSSR count). The van der Waals surface area contributed by atoms with Gasteiger partial charge in [-0.3, -0.25) is 4.57 Å². The number of fused-ring (bicyclic) bond motifs is 10. The van der Waals surface area contributed by atoms with Gasteiger partial charge in [-0.1, -0.05) is 170 Å². The van der Waals surface area contributed by atoms with Crippen LogP contribution in [-0.2, 0) is 6.42 Å². The molecule has 63 heavy (non-hydrogen) atoms. The van der Waals surface area contributed by atoms with Crippen molar-refractivity contribution < 1.29 is 0 Å². The van der Waals surface area contributed by atoms with Crippen LogP contribution in [0.15, 0.2) is 218 Å². The maximum atomic E-state index is 5.33. The van der Waals surface area contributed by atoms with E-state index in [0.717, 1.165) is 40.0 Å². The van der Waals surface area contributed by atoms with Crippen LogP contribution in [-0.4, -0.2) is 19.1 Å². The van der Waals surface area contributed by atoms with E-state index in [1.165, 1.54) is 82.8 Å². The molecule has 4 nitrogen and oxygen atoms in total. The molecule has 3 aromatic heterocycles. The van der Waals surface area contributed by atoms with E-state index in [0.29, 0.717) is 5.95 Å². The van der Waals surface area contributed by atoms with Crippen LogP contribution < -0.4 is 0 Å². The lowest BCUT2D eigenvalue weighted by Crippen LogP contribution is -2.04. The number of para-hydroxylation sites is 2. The van der Waals surface area contributed by atoms with Crippen molar-refractivity contribution in [3.8, 4) is 67.5 Å². The highest BCUT2D eigenvalue weighted by Crippen LogP contribution is 2.48. The summed E-state index contributed by atoms with van der Waals surface area (Å²) >= 11 is 0. The number of rotatable bonds is 6. The van der Waals surface area contributed by atoms with E-state index in [-0.39, 0.29) is 0 Å². The van der Waals surface area contributed by atoms with Crippen molar-refractivity contribution in [2.45, 2.75) is 6.42 Å². The Bertz CT molecular complexity index is 3680. The first kappa shape index (κ1) is 35.4. The van der Waals surface area contributed by atoms with Gasteiger partial charge in [-0.05, 0) is 93.0 Å². The van der Waals surface area contributed by atoms with E-state index in [4.69, 9.17) is 9.97 Å². The van der Waals surface area contributed by atoms with Crippen molar-refractivity contribution in [2.24, 2.45) is 0 Å². The molecule has 0 N–H and O–H groups in total. The van der Waals surface area contributed by atoms with Gasteiger partial charge in [0.2, 0.25) is 5.95 Å². The summed E-state index contributed by atoms with van der Waals surface area (Å²) in [4.78, 5) is 10.7. The zero-order chi connectivity index (χ0) is 41.4. The fourth-order valence-corrected chi connectivity index (χ4v) is 10.2. The van der Waals surface area contributed by atoms with Crippen LogP contribution in [0.2, 0.25) is 0 Å². The number of hydrogen-bond donors (Lipinski definition) is 0. The molecule has 1 aliphatic rings. The molecule has 12 aromatic rings. The molecule has 4 heteroatoms. The van der Waals surface area contributed by atoms with E-state index < -0.39 is 0 Å². The predicted molar refractivity (Wildman–Crippen MR) is 261 cm³/mol. The van der Waals surface area contributed by atoms with Gasteiger partial charge in [0.15, 0.2) is 0 Å². The predicted octanol–water partition coefficient (Wildman–Crippen LogP) is 14.9. The quantitative estimate of drug-likeness (QED) is 0.168. The Morgan fingerprint density at radius 3 is 1.41 bits per heavy atom. The van der Waals surface area contributed by atoms with Gasteiger partial charge < -0.3 is 4.57 Å². The summed E-state index contributed by atoms with van der Waals surface area (Å²) in [7, 11) is 0. The van der Waals surface area contributed by atoms with Crippen molar-refractivity contribution >= 4 is 43.6 Å². The third-order valence-corrected chi connectivity index (χ3v) is 13.0. The lowest BCUT2D eigenvalue weighted by Gasteiger charge is -2.14. The first-order valence-electron chi connectivity index (χ1n) is 21.6. The van der Waals surface area contributed by atoms with Gasteiger partial charge in [0.25, 0.3) is 0 Å². The maximum Gasteiger partial charge on any atom is 0.235 e. The average Bonchev–Trinajstić information content (AvgIpc) is 4.02. The molecule has 9 aromatic carbocycles. The summed E-state index contributed by atoms with van der Waals surface area (Å²) in [5.41, 5.74) is 19.9. The lowest BCUT2D eigenvalue weighted by atomic mass is 9.91. The summed E-state index contributed by atoms with van der Waals surface area (Å²) in [5, 5.41) is 4.81. The first-order valence-corrected chi connectivity index (χ1v) is 21.6. The van der Waals surface area contributed by atoms with Gasteiger partial charge in [0.05, 0.1) is 39.1 Å². The zero-order valence-corrected chi connectivity index (χ0v) is 34.3. The van der Waals surface area contributed by atoms with Crippen molar-refractivity contribution in [3.05, 3.63) is 230 Å². The zero-order valence-electron chi connectivity index (χ0n) is 34.3. The molecular weight excluding hydrogens is 765 g/mol. The smallest absolute Gasteiger partial charge is 0.235 e. The number of nitrogens with zero attached hydrogens (tertiary/aromatic N) is 4. The molecule has 0 saturated carbocycles. The highest BCUT2D eigenvalue weighted by atomic mass is 15.2. The highest BCUT2D eigenvalue weighted by molar-refractivity contribution is 6.29. The Hall–Kier alpha value is -8.34. The summed E-state index contributed by atoms with van der Waals surface area (Å²) in [6.45, 7) is 0. The monoisotopic (exact) mass is 802 g/mol. The molecule has 0 unspecified atom stereocenters. The van der Waals surface area contributed by atoms with E-state index in [1.807, 2.05) is 12.1 Å². The molecule has 294 valence electrons. The molecule has 0 spiro atoms. The van der Waals surface area contributed by atoms with Crippen LogP contribution in [0.4, 0.5) is 0 Å². The van der Waals surface area contributed by atoms with Crippen LogP contribution >= 0.6 is 0 Å². The van der Waals surface area contributed by atoms with Crippen molar-refractivity contribution in [1.29, 1.82) is 0 Å². The van der Waals surface area contributed by atoms with E-state index in [2.05, 4.69) is 215 Å². The van der Waals surface area contributed by atoms with Gasteiger partial charge in [-0.25, -0.2) is 9.97 Å². The minimum Gasteiger partial charge on any atom is -0.309 e. The summed E-state index contributed by atoms with van der Waals surface area (Å²) < 4.78 is 4.78. The Labute approximate surface area is 364 Å². The van der Waals surface area contributed by atoms with Gasteiger partial charge in [-0.2, -0.15) is 0 Å². The minimum atomic E-state index is 0.646. The average molecular weight is 803 g/mol. The van der Waals surface area contributed by atoms with Gasteiger partial charge >= 0.3 is 0 Å². The highest BCUT2D eigenvalue weighted by Gasteiger charge is 2.28. The number of benzene rings is 9. The maximum absolute atomic E-state index is 5.33. The second-order valence-corrected chi connectivity index (χ2v) is 16.5. The molecule has 0 fully saturated rings. The van der Waals surface area contributed by atoms with Crippen LogP contribution in [0.25, 0.3) is 111 Å². The topological polar surface area (TPSA) is 35.6 Å². The second-order valence-electron chi connectivity index (χ2n) is 16.5. The molecule has 1 aliphatic carbocycles. The molecule has 3 heterocycles. The SMILES string of the molecule is c1ccc(-c2cc(-c3ccccc3)c3c(c2)-c2cccc(-n4c5ccccc5c5c6c7ccccc7n(-c7nc(-c8ccccc8)cc(-c8ccccc8)n7)c6ccc54)c2C3)cc1. The Balaban J connectivity index is 1.06. The Morgan fingerprint density at radius 1 is 0.317 bits per heavy atom. The summed E-state index contributed by atoms with van der Waals surface area (Å²) in [6.07, 6.45) is 0.842. The van der Waals surface area contributed by atoms with Crippen LogP contribution in [0, 0.1) is 0 Å². The molecule has 0 saturated heterocycles. The van der Waals surface area contributed by atoms with Crippen LogP contribution in [0.5, 0.6) is 0 Å². The van der Waals surface area contributed by atoms with E-state index >= 15 is 0 Å². The number of aromatic nitrogens is 4. The van der Waals surface area contributed by atoms with Crippen molar-refractivity contribution in [3.63, 3.8) is 0 Å². The van der Waals surface area contributed by atoms with Crippen LogP contribution in [0.1, 0.15) is 11.1 Å². The molecule has 0 aliphatic heterocycles. The fourth-order valence-electron chi connectivity index (χ4n) is 10.2. The van der Waals surface area contributed by atoms with Crippen molar-refractivity contribution in [1.82, 2.24) is 19.1 Å². The third kappa shape index (κ3) is 5.55. The first-order chi connectivity index (χ1) is 31.3. The largest absolute Gasteiger partial charge is 0.309 e. The third-order valence-electron chi connectivity index (χ3n) is 13.0. The Kier molecular flexibility index (Phi) is 7.94. The second kappa shape index (κ2) is 14.1. The normalized spacial score (nSPS) is 12.1. The minimum absolute atomic E-state index is 0.646. The van der Waals surface area contributed by atoms with Gasteiger partial charge in [0.1, 0.15) is 0 Å². The fraction of sp³-hybridized carbons (Fsp3) is 0.0169. The molecule has 0 bridgehead atoms. The summed E-state index contributed by atoms with van der Waals surface area (Å²) in [6, 6.07) is 78.5. The molecule has 0 atom stereocenters. The molecule has 0 amide bonds. The van der Waals surface area contributed by atoms with Gasteiger partial charge in [-0.15, -0.1) is 0 Å². The lowest BCUT2D eigenvalue weighted by molar-refractivity contribution is 0.996. The summed E-state index contributed by atoms with van der Waals surface area (Å²) in [5.74, 6) is 0.646. The van der Waals surface area contributed by atoms with E-state index in [9.17, 15) is 0 Å². The number of hydrogen-bond acceptors (Lipinski definition) is 2. The van der Waals surface area contributed by atoms with Gasteiger partial charge in [0, 0.05) is 39.1 Å².